The molecule has 0 saturated carbocycles. The van der Waals surface area contributed by atoms with Crippen molar-refractivity contribution in [2.75, 3.05) is 0 Å². The first-order chi connectivity index (χ1) is 8.70. The first-order valence-corrected chi connectivity index (χ1v) is 6.20. The maximum Gasteiger partial charge on any atom is 0.255 e. The van der Waals surface area contributed by atoms with Crippen molar-refractivity contribution in [2.45, 2.75) is 19.3 Å². The molecule has 0 atom stereocenters. The first-order valence-electron chi connectivity index (χ1n) is 5.67. The van der Waals surface area contributed by atoms with E-state index in [-0.39, 0.29) is 5.91 Å². The van der Waals surface area contributed by atoms with Gasteiger partial charge in [0, 0.05) is 12.4 Å². The summed E-state index contributed by atoms with van der Waals surface area (Å²) < 4.78 is 5.09. The second-order valence-corrected chi connectivity index (χ2v) is 4.29. The molecule has 4 heteroatoms. The van der Waals surface area contributed by atoms with E-state index in [0.29, 0.717) is 23.7 Å². The summed E-state index contributed by atoms with van der Waals surface area (Å²) >= 11 is 5.71. The summed E-state index contributed by atoms with van der Waals surface area (Å²) in [5.41, 5.74) is 2.68. The van der Waals surface area contributed by atoms with Crippen LogP contribution in [0, 0.1) is 6.92 Å². The van der Waals surface area contributed by atoms with Gasteiger partial charge in [0.15, 0.2) is 0 Å². The Morgan fingerprint density at radius 1 is 1.22 bits per heavy atom. The van der Waals surface area contributed by atoms with Crippen molar-refractivity contribution in [3.05, 3.63) is 59.0 Å². The largest absolute Gasteiger partial charge is 0.469 e. The van der Waals surface area contributed by atoms with E-state index in [0.717, 1.165) is 11.1 Å². The second kappa shape index (κ2) is 5.74. The van der Waals surface area contributed by atoms with Gasteiger partial charge < -0.3 is 9.73 Å². The minimum atomic E-state index is -0.123. The van der Waals surface area contributed by atoms with Gasteiger partial charge in [-0.05, 0) is 24.1 Å². The fourth-order valence-corrected chi connectivity index (χ4v) is 1.82. The smallest absolute Gasteiger partial charge is 0.255 e. The highest BCUT2D eigenvalue weighted by Gasteiger charge is 2.10. The maximum absolute atomic E-state index is 11.8. The maximum atomic E-state index is 11.8. The minimum absolute atomic E-state index is 0.123. The lowest BCUT2D eigenvalue weighted by Gasteiger charge is -2.05. The Kier molecular flexibility index (Phi) is 4.05. The third-order valence-corrected chi connectivity index (χ3v) is 3.04. The molecule has 0 aliphatic heterocycles. The molecule has 3 nitrogen and oxygen atoms in total. The van der Waals surface area contributed by atoms with Crippen molar-refractivity contribution in [1.82, 2.24) is 5.32 Å². The molecule has 0 saturated heterocycles. The van der Waals surface area contributed by atoms with Gasteiger partial charge in [-0.25, -0.2) is 0 Å². The van der Waals surface area contributed by atoms with Crippen LogP contribution in [0.3, 0.4) is 0 Å². The lowest BCUT2D eigenvalue weighted by Crippen LogP contribution is -2.22. The number of halogens is 1. The molecule has 1 amide bonds. The number of amides is 1. The SMILES string of the molecule is Cc1occc1C(=O)NCc1ccc(CCl)cc1. The quantitative estimate of drug-likeness (QED) is 0.861. The van der Waals surface area contributed by atoms with Gasteiger partial charge >= 0.3 is 0 Å². The van der Waals surface area contributed by atoms with E-state index in [1.165, 1.54) is 6.26 Å². The average Bonchev–Trinajstić information content (AvgIpc) is 2.83. The Bertz CT molecular complexity index is 531. The Hall–Kier alpha value is -1.74. The van der Waals surface area contributed by atoms with Crippen molar-refractivity contribution >= 4 is 17.5 Å². The topological polar surface area (TPSA) is 42.2 Å². The molecule has 0 aliphatic rings. The highest BCUT2D eigenvalue weighted by Crippen LogP contribution is 2.10. The first kappa shape index (κ1) is 12.7. The molecule has 2 aromatic rings. The normalized spacial score (nSPS) is 10.3. The summed E-state index contributed by atoms with van der Waals surface area (Å²) in [6.07, 6.45) is 1.51. The number of carbonyl (C=O) groups is 1. The van der Waals surface area contributed by atoms with E-state index in [9.17, 15) is 4.79 Å². The molecule has 0 radical (unpaired) electrons. The molecule has 0 spiro atoms. The standard InChI is InChI=1S/C14H14ClNO2/c1-10-13(6-7-18-10)14(17)16-9-12-4-2-11(8-15)3-5-12/h2-7H,8-9H2,1H3,(H,16,17). The van der Waals surface area contributed by atoms with Crippen LogP contribution in [-0.2, 0) is 12.4 Å². The lowest BCUT2D eigenvalue weighted by atomic mass is 10.1. The van der Waals surface area contributed by atoms with Crippen LogP contribution in [0.5, 0.6) is 0 Å². The third kappa shape index (κ3) is 2.93. The van der Waals surface area contributed by atoms with Crippen molar-refractivity contribution in [3.8, 4) is 0 Å². The minimum Gasteiger partial charge on any atom is -0.469 e. The number of benzene rings is 1. The van der Waals surface area contributed by atoms with E-state index >= 15 is 0 Å². The number of hydrogen-bond donors (Lipinski definition) is 1. The van der Waals surface area contributed by atoms with Crippen LogP contribution < -0.4 is 5.32 Å². The fraction of sp³-hybridized carbons (Fsp3) is 0.214. The summed E-state index contributed by atoms with van der Waals surface area (Å²) in [5.74, 6) is 1.01. The molecule has 1 aromatic carbocycles. The van der Waals surface area contributed by atoms with Crippen LogP contribution in [0.2, 0.25) is 0 Å². The molecule has 1 aromatic heterocycles. The fourth-order valence-electron chi connectivity index (χ4n) is 1.64. The average molecular weight is 264 g/mol. The summed E-state index contributed by atoms with van der Waals surface area (Å²) in [4.78, 5) is 11.8. The molecule has 0 fully saturated rings. The van der Waals surface area contributed by atoms with Gasteiger partial charge in [0.1, 0.15) is 5.76 Å². The van der Waals surface area contributed by atoms with Gasteiger partial charge in [-0.3, -0.25) is 4.79 Å². The number of rotatable bonds is 4. The van der Waals surface area contributed by atoms with Gasteiger partial charge in [0.05, 0.1) is 11.8 Å². The van der Waals surface area contributed by atoms with Crippen molar-refractivity contribution in [1.29, 1.82) is 0 Å². The third-order valence-electron chi connectivity index (χ3n) is 2.73. The van der Waals surface area contributed by atoms with Gasteiger partial charge in [-0.2, -0.15) is 0 Å². The Morgan fingerprint density at radius 3 is 2.44 bits per heavy atom. The molecule has 2 rings (SSSR count). The summed E-state index contributed by atoms with van der Waals surface area (Å²) in [6, 6.07) is 9.50. The zero-order valence-corrected chi connectivity index (χ0v) is 10.8. The number of hydrogen-bond acceptors (Lipinski definition) is 2. The molecular formula is C14H14ClNO2. The van der Waals surface area contributed by atoms with Crippen LogP contribution in [-0.4, -0.2) is 5.91 Å². The number of furan rings is 1. The van der Waals surface area contributed by atoms with E-state index in [1.807, 2.05) is 24.3 Å². The zero-order valence-electron chi connectivity index (χ0n) is 10.1. The predicted molar refractivity (Wildman–Crippen MR) is 70.6 cm³/mol. The van der Waals surface area contributed by atoms with Crippen molar-refractivity contribution < 1.29 is 9.21 Å². The number of alkyl halides is 1. The molecule has 0 aliphatic carbocycles. The van der Waals surface area contributed by atoms with Gasteiger partial charge in [0.2, 0.25) is 0 Å². The van der Waals surface area contributed by atoms with Crippen LogP contribution in [0.4, 0.5) is 0 Å². The monoisotopic (exact) mass is 263 g/mol. The predicted octanol–water partition coefficient (Wildman–Crippen LogP) is 3.26. The highest BCUT2D eigenvalue weighted by molar-refractivity contribution is 6.17. The number of nitrogens with one attached hydrogen (secondary N) is 1. The summed E-state index contributed by atoms with van der Waals surface area (Å²) in [7, 11) is 0. The van der Waals surface area contributed by atoms with Crippen LogP contribution >= 0.6 is 11.6 Å². The zero-order chi connectivity index (χ0) is 13.0. The summed E-state index contributed by atoms with van der Waals surface area (Å²) in [5, 5.41) is 2.85. The van der Waals surface area contributed by atoms with Gasteiger partial charge in [-0.1, -0.05) is 24.3 Å². The molecule has 0 unspecified atom stereocenters. The van der Waals surface area contributed by atoms with Crippen LogP contribution in [0.25, 0.3) is 0 Å². The Morgan fingerprint density at radius 2 is 1.89 bits per heavy atom. The molecular weight excluding hydrogens is 250 g/mol. The molecule has 1 heterocycles. The van der Waals surface area contributed by atoms with Crippen molar-refractivity contribution in [3.63, 3.8) is 0 Å². The Balaban J connectivity index is 1.95. The van der Waals surface area contributed by atoms with Crippen molar-refractivity contribution in [2.24, 2.45) is 0 Å². The molecule has 1 N–H and O–H groups in total. The second-order valence-electron chi connectivity index (χ2n) is 4.02. The molecule has 0 bridgehead atoms. The molecule has 18 heavy (non-hydrogen) atoms. The van der Waals surface area contributed by atoms with E-state index in [2.05, 4.69) is 5.32 Å². The van der Waals surface area contributed by atoms with E-state index < -0.39 is 0 Å². The van der Waals surface area contributed by atoms with Gasteiger partial charge in [0.25, 0.3) is 5.91 Å². The van der Waals surface area contributed by atoms with E-state index in [4.69, 9.17) is 16.0 Å². The number of aryl methyl sites for hydroxylation is 1. The lowest BCUT2D eigenvalue weighted by molar-refractivity contribution is 0.0949. The highest BCUT2D eigenvalue weighted by atomic mass is 35.5. The van der Waals surface area contributed by atoms with Gasteiger partial charge in [-0.15, -0.1) is 11.6 Å². The van der Waals surface area contributed by atoms with Crippen LogP contribution in [0.1, 0.15) is 27.2 Å². The van der Waals surface area contributed by atoms with E-state index in [1.54, 1.807) is 13.0 Å². The molecule has 94 valence electrons. The van der Waals surface area contributed by atoms with Crippen LogP contribution in [0.15, 0.2) is 41.0 Å². The summed E-state index contributed by atoms with van der Waals surface area (Å²) in [6.45, 7) is 2.26. The number of carbonyl (C=O) groups excluding carboxylic acids is 1. The Labute approximate surface area is 111 Å².